The molecule has 1 rings (SSSR count). The highest BCUT2D eigenvalue weighted by Crippen LogP contribution is 2.13. The van der Waals surface area contributed by atoms with Crippen LogP contribution in [0.1, 0.15) is 19.8 Å². The Morgan fingerprint density at radius 1 is 1.42 bits per heavy atom. The summed E-state index contributed by atoms with van der Waals surface area (Å²) >= 11 is 0. The highest BCUT2D eigenvalue weighted by Gasteiger charge is 2.23. The van der Waals surface area contributed by atoms with E-state index in [0.717, 1.165) is 31.0 Å². The molecule has 0 spiro atoms. The molecule has 0 aromatic carbocycles. The Morgan fingerprint density at radius 2 is 2.11 bits per heavy atom. The minimum atomic E-state index is -0.655. The molecule has 0 saturated carbocycles. The van der Waals surface area contributed by atoms with E-state index in [1.807, 2.05) is 0 Å². The van der Waals surface area contributed by atoms with Gasteiger partial charge in [-0.3, -0.25) is 0 Å². The van der Waals surface area contributed by atoms with Crippen molar-refractivity contribution in [3.8, 4) is 0 Å². The van der Waals surface area contributed by atoms with Crippen molar-refractivity contribution >= 4 is 12.1 Å². The third kappa shape index (κ3) is 5.44. The van der Waals surface area contributed by atoms with E-state index in [1.165, 1.54) is 0 Å². The van der Waals surface area contributed by atoms with Crippen molar-refractivity contribution in [2.75, 3.05) is 39.5 Å². The van der Waals surface area contributed by atoms with E-state index in [9.17, 15) is 9.59 Å². The van der Waals surface area contributed by atoms with Crippen LogP contribution in [0.15, 0.2) is 0 Å². The molecular formula is C12H23N3O4. The molecule has 1 heterocycles. The van der Waals surface area contributed by atoms with Gasteiger partial charge in [0, 0.05) is 32.8 Å². The molecule has 1 saturated heterocycles. The van der Waals surface area contributed by atoms with Crippen molar-refractivity contribution in [3.63, 3.8) is 0 Å². The first kappa shape index (κ1) is 15.7. The van der Waals surface area contributed by atoms with Crippen molar-refractivity contribution in [2.45, 2.75) is 19.8 Å². The van der Waals surface area contributed by atoms with Crippen LogP contribution in [0, 0.1) is 5.92 Å². The molecule has 0 aliphatic carbocycles. The fourth-order valence-electron chi connectivity index (χ4n) is 1.88. The average Bonchev–Trinajstić information content (AvgIpc) is 2.43. The standard InChI is InChI=1S/C12H23N3O4/c1-2-19-12(17)15(6-5-13)11(16)14-9-10-3-7-18-8-4-10/h10H,2-9,13H2,1H3,(H,14,16). The summed E-state index contributed by atoms with van der Waals surface area (Å²) in [4.78, 5) is 24.5. The quantitative estimate of drug-likeness (QED) is 0.762. The maximum atomic E-state index is 11.9. The molecule has 1 fully saturated rings. The molecule has 0 aromatic heterocycles. The normalized spacial score (nSPS) is 15.9. The maximum Gasteiger partial charge on any atom is 0.418 e. The third-order valence-electron chi connectivity index (χ3n) is 2.97. The summed E-state index contributed by atoms with van der Waals surface area (Å²) in [6, 6.07) is -0.449. The highest BCUT2D eigenvalue weighted by atomic mass is 16.6. The lowest BCUT2D eigenvalue weighted by Crippen LogP contribution is -2.47. The van der Waals surface area contributed by atoms with Gasteiger partial charge in [-0.25, -0.2) is 14.5 Å². The molecule has 0 atom stereocenters. The zero-order chi connectivity index (χ0) is 14.1. The van der Waals surface area contributed by atoms with Gasteiger partial charge < -0.3 is 20.5 Å². The number of nitrogens with two attached hydrogens (primary N) is 1. The second-order valence-corrected chi connectivity index (χ2v) is 4.38. The number of rotatable bonds is 5. The van der Waals surface area contributed by atoms with Crippen LogP contribution in [-0.4, -0.2) is 56.5 Å². The molecule has 19 heavy (non-hydrogen) atoms. The van der Waals surface area contributed by atoms with Crippen LogP contribution in [0.25, 0.3) is 0 Å². The molecule has 7 nitrogen and oxygen atoms in total. The van der Waals surface area contributed by atoms with Crippen LogP contribution in [0.5, 0.6) is 0 Å². The van der Waals surface area contributed by atoms with Gasteiger partial charge in [0.2, 0.25) is 0 Å². The lowest BCUT2D eigenvalue weighted by atomic mass is 10.0. The Hall–Kier alpha value is -1.34. The molecule has 3 N–H and O–H groups in total. The fraction of sp³-hybridized carbons (Fsp3) is 0.833. The van der Waals surface area contributed by atoms with E-state index in [-0.39, 0.29) is 19.7 Å². The van der Waals surface area contributed by atoms with Crippen LogP contribution in [-0.2, 0) is 9.47 Å². The van der Waals surface area contributed by atoms with Gasteiger partial charge in [0.15, 0.2) is 0 Å². The van der Waals surface area contributed by atoms with Gasteiger partial charge in [0.1, 0.15) is 0 Å². The molecule has 0 unspecified atom stereocenters. The lowest BCUT2D eigenvalue weighted by molar-refractivity contribution is 0.0660. The summed E-state index contributed by atoms with van der Waals surface area (Å²) in [5.74, 6) is 0.402. The van der Waals surface area contributed by atoms with E-state index >= 15 is 0 Å². The summed E-state index contributed by atoms with van der Waals surface area (Å²) in [5.41, 5.74) is 5.39. The number of imide groups is 1. The largest absolute Gasteiger partial charge is 0.449 e. The van der Waals surface area contributed by atoms with E-state index in [1.54, 1.807) is 6.92 Å². The Balaban J connectivity index is 2.39. The van der Waals surface area contributed by atoms with Crippen LogP contribution in [0.3, 0.4) is 0 Å². The molecular weight excluding hydrogens is 250 g/mol. The fourth-order valence-corrected chi connectivity index (χ4v) is 1.88. The number of ether oxygens (including phenoxy) is 2. The van der Waals surface area contributed by atoms with E-state index in [0.29, 0.717) is 12.5 Å². The van der Waals surface area contributed by atoms with Crippen molar-refractivity contribution in [2.24, 2.45) is 11.7 Å². The summed E-state index contributed by atoms with van der Waals surface area (Å²) in [5, 5.41) is 2.75. The van der Waals surface area contributed by atoms with Crippen LogP contribution >= 0.6 is 0 Å². The number of hydrogen-bond acceptors (Lipinski definition) is 5. The van der Waals surface area contributed by atoms with Gasteiger partial charge in [0.05, 0.1) is 6.61 Å². The second-order valence-electron chi connectivity index (χ2n) is 4.38. The van der Waals surface area contributed by atoms with Crippen LogP contribution in [0.2, 0.25) is 0 Å². The maximum absolute atomic E-state index is 11.9. The van der Waals surface area contributed by atoms with Gasteiger partial charge in [-0.1, -0.05) is 0 Å². The summed E-state index contributed by atoms with van der Waals surface area (Å²) in [7, 11) is 0. The van der Waals surface area contributed by atoms with Gasteiger partial charge in [-0.05, 0) is 25.7 Å². The summed E-state index contributed by atoms with van der Waals surface area (Å²) in [6.45, 7) is 4.28. The van der Waals surface area contributed by atoms with E-state index < -0.39 is 12.1 Å². The van der Waals surface area contributed by atoms with Crippen molar-refractivity contribution in [1.82, 2.24) is 10.2 Å². The highest BCUT2D eigenvalue weighted by molar-refractivity contribution is 5.90. The first-order chi connectivity index (χ1) is 9.19. The van der Waals surface area contributed by atoms with Gasteiger partial charge in [-0.15, -0.1) is 0 Å². The average molecular weight is 273 g/mol. The minimum absolute atomic E-state index is 0.151. The molecule has 1 aliphatic heterocycles. The van der Waals surface area contributed by atoms with Gasteiger partial charge in [0.25, 0.3) is 0 Å². The van der Waals surface area contributed by atoms with E-state index in [2.05, 4.69) is 5.32 Å². The monoisotopic (exact) mass is 273 g/mol. The molecule has 0 bridgehead atoms. The van der Waals surface area contributed by atoms with E-state index in [4.69, 9.17) is 15.2 Å². The number of urea groups is 1. The number of nitrogens with one attached hydrogen (secondary N) is 1. The zero-order valence-corrected chi connectivity index (χ0v) is 11.4. The molecule has 3 amide bonds. The number of carbonyl (C=O) groups excluding carboxylic acids is 2. The van der Waals surface area contributed by atoms with Gasteiger partial charge >= 0.3 is 12.1 Å². The van der Waals surface area contributed by atoms with Crippen molar-refractivity contribution in [3.05, 3.63) is 0 Å². The Labute approximate surface area is 113 Å². The van der Waals surface area contributed by atoms with Crippen molar-refractivity contribution < 1.29 is 19.1 Å². The predicted octanol–water partition coefficient (Wildman–Crippen LogP) is 0.540. The Morgan fingerprint density at radius 3 is 2.68 bits per heavy atom. The SMILES string of the molecule is CCOC(=O)N(CCN)C(=O)NCC1CCOCC1. The second kappa shape index (κ2) is 8.71. The summed E-state index contributed by atoms with van der Waals surface area (Å²) in [6.07, 6.45) is 1.20. The molecule has 110 valence electrons. The lowest BCUT2D eigenvalue weighted by Gasteiger charge is -2.24. The molecule has 7 heteroatoms. The van der Waals surface area contributed by atoms with Gasteiger partial charge in [-0.2, -0.15) is 0 Å². The number of hydrogen-bond donors (Lipinski definition) is 2. The first-order valence-corrected chi connectivity index (χ1v) is 6.69. The smallest absolute Gasteiger partial charge is 0.418 e. The molecule has 0 aromatic rings. The van der Waals surface area contributed by atoms with Crippen molar-refractivity contribution in [1.29, 1.82) is 0 Å². The minimum Gasteiger partial charge on any atom is -0.449 e. The predicted molar refractivity (Wildman–Crippen MR) is 69.7 cm³/mol. The first-order valence-electron chi connectivity index (χ1n) is 6.69. The number of amides is 3. The van der Waals surface area contributed by atoms with Crippen LogP contribution < -0.4 is 11.1 Å². The molecule has 1 aliphatic rings. The van der Waals surface area contributed by atoms with Crippen LogP contribution in [0.4, 0.5) is 9.59 Å². The summed E-state index contributed by atoms with van der Waals surface area (Å²) < 4.78 is 10.1. The molecule has 0 radical (unpaired) electrons. The number of nitrogens with zero attached hydrogens (tertiary/aromatic N) is 1. The Kier molecular flexibility index (Phi) is 7.20. The topological polar surface area (TPSA) is 93.9 Å². The third-order valence-corrected chi connectivity index (χ3v) is 2.97. The number of carbonyl (C=O) groups is 2. The zero-order valence-electron chi connectivity index (χ0n) is 11.4. The Bertz CT molecular complexity index is 293.